The van der Waals surface area contributed by atoms with E-state index in [1.54, 1.807) is 19.9 Å². The molecule has 0 aliphatic heterocycles. The highest BCUT2D eigenvalue weighted by molar-refractivity contribution is 7.90. The van der Waals surface area contributed by atoms with E-state index in [1.807, 2.05) is 0 Å². The van der Waals surface area contributed by atoms with Gasteiger partial charge < -0.3 is 4.52 Å². The maximum atomic E-state index is 12.4. The summed E-state index contributed by atoms with van der Waals surface area (Å²) in [5.41, 5.74) is 1.11. The normalized spacial score (nSPS) is 11.8. The largest absolute Gasteiger partial charge is 0.361 e. The zero-order valence-electron chi connectivity index (χ0n) is 10.3. The lowest BCUT2D eigenvalue weighted by Crippen LogP contribution is -2.07. The van der Waals surface area contributed by atoms with E-state index in [0.29, 0.717) is 22.0 Å². The van der Waals surface area contributed by atoms with Crippen molar-refractivity contribution in [3.63, 3.8) is 0 Å². The Labute approximate surface area is 121 Å². The number of hydrogen-bond donors (Lipinski definition) is 0. The number of hydrogen-bond acceptors (Lipinski definition) is 4. The van der Waals surface area contributed by atoms with Gasteiger partial charge in [0.15, 0.2) is 9.84 Å². The van der Waals surface area contributed by atoms with Gasteiger partial charge in [-0.1, -0.05) is 28.4 Å². The van der Waals surface area contributed by atoms with Gasteiger partial charge in [-0.25, -0.2) is 8.42 Å². The minimum atomic E-state index is -3.60. The Morgan fingerprint density at radius 3 is 2.53 bits per heavy atom. The van der Waals surface area contributed by atoms with Gasteiger partial charge in [0.25, 0.3) is 0 Å². The van der Waals surface area contributed by atoms with Gasteiger partial charge in [-0.2, -0.15) is 0 Å². The average molecular weight is 320 g/mol. The molecule has 1 heterocycles. The Morgan fingerprint density at radius 1 is 1.26 bits per heavy atom. The molecular weight excluding hydrogens is 309 g/mol. The summed E-state index contributed by atoms with van der Waals surface area (Å²) in [4.78, 5) is 0.0154. The summed E-state index contributed by atoms with van der Waals surface area (Å²) in [6, 6.07) is 4.35. The van der Waals surface area contributed by atoms with Gasteiger partial charge in [-0.05, 0) is 32.0 Å². The van der Waals surface area contributed by atoms with E-state index >= 15 is 0 Å². The Morgan fingerprint density at radius 2 is 1.95 bits per heavy atom. The first-order valence-corrected chi connectivity index (χ1v) is 7.81. The summed E-state index contributed by atoms with van der Waals surface area (Å²) in [6.07, 6.45) is 0. The molecule has 0 bridgehead atoms. The molecule has 0 radical (unpaired) electrons. The molecule has 1 aromatic heterocycles. The standard InChI is InChI=1S/C12H11Cl2NO3S/c1-7-10(8(2)18-15-7)6-19(16,17)12-5-9(13)3-4-11(12)14/h3-5H,6H2,1-2H3. The molecule has 0 saturated heterocycles. The first kappa shape index (κ1) is 14.4. The van der Waals surface area contributed by atoms with Crippen LogP contribution in [0.25, 0.3) is 0 Å². The van der Waals surface area contributed by atoms with Crippen LogP contribution in [0.5, 0.6) is 0 Å². The van der Waals surface area contributed by atoms with Crippen LogP contribution >= 0.6 is 23.2 Å². The summed E-state index contributed by atoms with van der Waals surface area (Å²) >= 11 is 11.7. The smallest absolute Gasteiger partial charge is 0.184 e. The number of sulfone groups is 1. The third kappa shape index (κ3) is 2.94. The lowest BCUT2D eigenvalue weighted by atomic mass is 10.2. The van der Waals surface area contributed by atoms with Gasteiger partial charge in [0, 0.05) is 10.6 Å². The van der Waals surface area contributed by atoms with Crippen LogP contribution < -0.4 is 0 Å². The second-order valence-corrected chi connectivity index (χ2v) is 6.94. The molecule has 0 aliphatic rings. The van der Waals surface area contributed by atoms with E-state index in [1.165, 1.54) is 12.1 Å². The molecule has 0 unspecified atom stereocenters. The highest BCUT2D eigenvalue weighted by Gasteiger charge is 2.23. The minimum Gasteiger partial charge on any atom is -0.361 e. The number of nitrogens with zero attached hydrogens (tertiary/aromatic N) is 1. The second-order valence-electron chi connectivity index (χ2n) is 4.14. The van der Waals surface area contributed by atoms with Crippen LogP contribution in [0.1, 0.15) is 17.0 Å². The van der Waals surface area contributed by atoms with Crippen LogP contribution in [-0.2, 0) is 15.6 Å². The van der Waals surface area contributed by atoms with E-state index in [4.69, 9.17) is 27.7 Å². The summed E-state index contributed by atoms with van der Waals surface area (Å²) in [6.45, 7) is 3.37. The molecule has 102 valence electrons. The van der Waals surface area contributed by atoms with Gasteiger partial charge in [0.1, 0.15) is 5.76 Å². The number of halogens is 2. The molecule has 19 heavy (non-hydrogen) atoms. The van der Waals surface area contributed by atoms with Crippen molar-refractivity contribution in [3.05, 3.63) is 45.3 Å². The van der Waals surface area contributed by atoms with Gasteiger partial charge in [-0.3, -0.25) is 0 Å². The second kappa shape index (κ2) is 5.15. The van der Waals surface area contributed by atoms with Crippen molar-refractivity contribution in [2.24, 2.45) is 0 Å². The van der Waals surface area contributed by atoms with Crippen molar-refractivity contribution < 1.29 is 12.9 Å². The molecule has 0 atom stereocenters. The monoisotopic (exact) mass is 319 g/mol. The lowest BCUT2D eigenvalue weighted by molar-refractivity contribution is 0.392. The SMILES string of the molecule is Cc1noc(C)c1CS(=O)(=O)c1cc(Cl)ccc1Cl. The molecule has 2 aromatic rings. The van der Waals surface area contributed by atoms with Crippen molar-refractivity contribution in [2.75, 3.05) is 0 Å². The van der Waals surface area contributed by atoms with Crippen molar-refractivity contribution in [1.82, 2.24) is 5.16 Å². The molecule has 1 aromatic carbocycles. The van der Waals surface area contributed by atoms with E-state index in [2.05, 4.69) is 5.16 Å². The van der Waals surface area contributed by atoms with Gasteiger partial charge in [-0.15, -0.1) is 0 Å². The first-order valence-electron chi connectivity index (χ1n) is 5.41. The van der Waals surface area contributed by atoms with Gasteiger partial charge in [0.2, 0.25) is 0 Å². The molecule has 4 nitrogen and oxygen atoms in total. The predicted molar refractivity (Wildman–Crippen MR) is 73.3 cm³/mol. The summed E-state index contributed by atoms with van der Waals surface area (Å²) < 4.78 is 29.7. The van der Waals surface area contributed by atoms with Crippen molar-refractivity contribution in [3.8, 4) is 0 Å². The zero-order chi connectivity index (χ0) is 14.2. The van der Waals surface area contributed by atoms with Gasteiger partial charge in [0.05, 0.1) is 21.4 Å². The quantitative estimate of drug-likeness (QED) is 0.867. The molecule has 2 rings (SSSR count). The molecule has 0 saturated carbocycles. The number of benzene rings is 1. The number of rotatable bonds is 3. The highest BCUT2D eigenvalue weighted by atomic mass is 35.5. The summed E-state index contributed by atoms with van der Waals surface area (Å²) in [5, 5.41) is 4.21. The highest BCUT2D eigenvalue weighted by Crippen LogP contribution is 2.29. The maximum absolute atomic E-state index is 12.4. The predicted octanol–water partition coefficient (Wildman–Crippen LogP) is 3.57. The zero-order valence-corrected chi connectivity index (χ0v) is 12.6. The molecule has 0 fully saturated rings. The minimum absolute atomic E-state index is 0.0154. The third-order valence-electron chi connectivity index (χ3n) is 2.74. The lowest BCUT2D eigenvalue weighted by Gasteiger charge is -2.06. The number of aryl methyl sites for hydroxylation is 2. The van der Waals surface area contributed by atoms with E-state index < -0.39 is 9.84 Å². The van der Waals surface area contributed by atoms with E-state index in [0.717, 1.165) is 0 Å². The van der Waals surface area contributed by atoms with Crippen LogP contribution in [0.15, 0.2) is 27.6 Å². The van der Waals surface area contributed by atoms with Crippen LogP contribution in [0.4, 0.5) is 0 Å². The Bertz CT molecular complexity index is 703. The number of aromatic nitrogens is 1. The average Bonchev–Trinajstić information content (AvgIpc) is 2.63. The van der Waals surface area contributed by atoms with Gasteiger partial charge >= 0.3 is 0 Å². The maximum Gasteiger partial charge on any atom is 0.184 e. The molecule has 7 heteroatoms. The summed E-state index contributed by atoms with van der Waals surface area (Å²) in [5.74, 6) is 0.271. The van der Waals surface area contributed by atoms with Crippen molar-refractivity contribution in [2.45, 2.75) is 24.5 Å². The van der Waals surface area contributed by atoms with Crippen molar-refractivity contribution >= 4 is 33.0 Å². The fourth-order valence-electron chi connectivity index (χ4n) is 1.69. The van der Waals surface area contributed by atoms with Crippen LogP contribution in [0.2, 0.25) is 10.0 Å². The molecule has 0 aliphatic carbocycles. The molecular formula is C12H11Cl2NO3S. The van der Waals surface area contributed by atoms with E-state index in [-0.39, 0.29) is 15.7 Å². The molecule has 0 N–H and O–H groups in total. The third-order valence-corrected chi connectivity index (χ3v) is 5.10. The Kier molecular flexibility index (Phi) is 3.90. The first-order chi connectivity index (χ1) is 8.81. The van der Waals surface area contributed by atoms with E-state index in [9.17, 15) is 8.42 Å². The van der Waals surface area contributed by atoms with Crippen LogP contribution in [0.3, 0.4) is 0 Å². The molecule has 0 spiro atoms. The summed E-state index contributed by atoms with van der Waals surface area (Å²) in [7, 11) is -3.60. The van der Waals surface area contributed by atoms with Crippen LogP contribution in [-0.4, -0.2) is 13.6 Å². The Balaban J connectivity index is 2.47. The topological polar surface area (TPSA) is 60.2 Å². The Hall–Kier alpha value is -1.04. The van der Waals surface area contributed by atoms with Crippen LogP contribution in [0, 0.1) is 13.8 Å². The van der Waals surface area contributed by atoms with Crippen molar-refractivity contribution in [1.29, 1.82) is 0 Å². The fraction of sp³-hybridized carbons (Fsp3) is 0.250. The molecule has 0 amide bonds. The fourth-order valence-corrected chi connectivity index (χ4v) is 4.02.